The Morgan fingerprint density at radius 2 is 1.90 bits per heavy atom. The first-order valence-electron chi connectivity index (χ1n) is 3.76. The van der Waals surface area contributed by atoms with E-state index in [9.17, 15) is 4.79 Å². The molecular weight excluding hydrogens is 127 g/mol. The lowest BCUT2D eigenvalue weighted by atomic mass is 9.97. The molecule has 1 unspecified atom stereocenters. The van der Waals surface area contributed by atoms with Gasteiger partial charge < -0.3 is 4.65 Å². The molecule has 0 spiro atoms. The Morgan fingerprint density at radius 1 is 1.40 bits per heavy atom. The van der Waals surface area contributed by atoms with E-state index in [1.807, 2.05) is 27.6 Å². The highest BCUT2D eigenvalue weighted by molar-refractivity contribution is 6.28. The van der Waals surface area contributed by atoms with Crippen molar-refractivity contribution in [3.8, 4) is 0 Å². The Labute approximate surface area is 63.2 Å². The van der Waals surface area contributed by atoms with Gasteiger partial charge in [-0.25, -0.2) is 0 Å². The number of carbonyl (C=O) groups is 1. The van der Waals surface area contributed by atoms with Gasteiger partial charge in [-0.15, -0.1) is 0 Å². The van der Waals surface area contributed by atoms with Crippen molar-refractivity contribution in [2.75, 3.05) is 0 Å². The maximum Gasteiger partial charge on any atom is 0.340 e. The standard InChI is InChI=1S/C7H15BO2/c1-5(2)6(3)7(9)10-8-4/h5-6,8H,1-4H3. The maximum atomic E-state index is 11.0. The average Bonchev–Trinajstić information content (AvgIpc) is 1.87. The molecule has 0 rings (SSSR count). The van der Waals surface area contributed by atoms with Crippen LogP contribution in [0.15, 0.2) is 0 Å². The van der Waals surface area contributed by atoms with Gasteiger partial charge in [-0.1, -0.05) is 27.6 Å². The number of rotatable bonds is 3. The molecule has 2 nitrogen and oxygen atoms in total. The number of carbonyl (C=O) groups excluding carboxylic acids is 1. The van der Waals surface area contributed by atoms with Crippen molar-refractivity contribution in [2.24, 2.45) is 11.8 Å². The predicted octanol–water partition coefficient (Wildman–Crippen LogP) is 1.22. The quantitative estimate of drug-likeness (QED) is 0.553. The first-order chi connectivity index (χ1) is 4.59. The Hall–Kier alpha value is -0.465. The second kappa shape index (κ2) is 4.37. The highest BCUT2D eigenvalue weighted by atomic mass is 16.5. The van der Waals surface area contributed by atoms with Crippen LogP contribution in [0.1, 0.15) is 20.8 Å². The van der Waals surface area contributed by atoms with Gasteiger partial charge in [0.1, 0.15) is 0 Å². The Bertz CT molecular complexity index is 112. The van der Waals surface area contributed by atoms with E-state index in [-0.39, 0.29) is 11.9 Å². The smallest absolute Gasteiger partial charge is 0.340 e. The normalized spacial score (nSPS) is 12.9. The molecule has 58 valence electrons. The van der Waals surface area contributed by atoms with E-state index in [2.05, 4.69) is 0 Å². The molecular formula is C7H15BO2. The molecule has 1 atom stereocenters. The molecule has 0 radical (unpaired) electrons. The zero-order valence-electron chi connectivity index (χ0n) is 7.18. The molecule has 0 bridgehead atoms. The van der Waals surface area contributed by atoms with Crippen molar-refractivity contribution < 1.29 is 9.45 Å². The highest BCUT2D eigenvalue weighted by Crippen LogP contribution is 2.10. The summed E-state index contributed by atoms with van der Waals surface area (Å²) in [5.74, 6) is 0.316. The molecule has 0 aliphatic rings. The molecule has 0 aromatic heterocycles. The van der Waals surface area contributed by atoms with Crippen LogP contribution in [-0.4, -0.2) is 13.5 Å². The first kappa shape index (κ1) is 9.53. The molecule has 0 saturated carbocycles. The third kappa shape index (κ3) is 2.90. The molecule has 0 saturated heterocycles. The van der Waals surface area contributed by atoms with E-state index in [0.717, 1.165) is 0 Å². The lowest BCUT2D eigenvalue weighted by molar-refractivity contribution is -0.139. The fourth-order valence-corrected chi connectivity index (χ4v) is 0.546. The summed E-state index contributed by atoms with van der Waals surface area (Å²) in [6, 6.07) is 0. The van der Waals surface area contributed by atoms with Crippen LogP contribution in [0, 0.1) is 11.8 Å². The Morgan fingerprint density at radius 3 is 2.20 bits per heavy atom. The SMILES string of the molecule is CBOC(=O)C(C)C(C)C. The average molecular weight is 142 g/mol. The molecule has 0 aliphatic heterocycles. The van der Waals surface area contributed by atoms with Crippen LogP contribution in [0.25, 0.3) is 0 Å². The number of hydrogen-bond donors (Lipinski definition) is 0. The van der Waals surface area contributed by atoms with Gasteiger partial charge in [0.05, 0.1) is 5.92 Å². The highest BCUT2D eigenvalue weighted by Gasteiger charge is 2.16. The zero-order chi connectivity index (χ0) is 8.15. The third-order valence-corrected chi connectivity index (χ3v) is 1.66. The van der Waals surface area contributed by atoms with E-state index < -0.39 is 0 Å². The van der Waals surface area contributed by atoms with Crippen LogP contribution in [0.5, 0.6) is 0 Å². The van der Waals surface area contributed by atoms with Crippen LogP contribution < -0.4 is 0 Å². The monoisotopic (exact) mass is 142 g/mol. The molecule has 3 heteroatoms. The van der Waals surface area contributed by atoms with Gasteiger partial charge in [0.15, 0.2) is 0 Å². The van der Waals surface area contributed by atoms with Crippen LogP contribution in [0.2, 0.25) is 6.82 Å². The van der Waals surface area contributed by atoms with Crippen molar-refractivity contribution in [3.63, 3.8) is 0 Å². The van der Waals surface area contributed by atoms with Crippen LogP contribution in [0.4, 0.5) is 0 Å². The molecule has 10 heavy (non-hydrogen) atoms. The van der Waals surface area contributed by atoms with Crippen molar-refractivity contribution in [2.45, 2.75) is 27.6 Å². The summed E-state index contributed by atoms with van der Waals surface area (Å²) in [5.41, 5.74) is 0. The molecule has 0 aromatic carbocycles. The molecule has 0 amide bonds. The Kier molecular flexibility index (Phi) is 4.16. The summed E-state index contributed by atoms with van der Waals surface area (Å²) < 4.78 is 4.83. The lowest BCUT2D eigenvalue weighted by Crippen LogP contribution is -2.20. The van der Waals surface area contributed by atoms with E-state index >= 15 is 0 Å². The van der Waals surface area contributed by atoms with Gasteiger partial charge in [-0.2, -0.15) is 0 Å². The molecule has 0 heterocycles. The van der Waals surface area contributed by atoms with Crippen LogP contribution in [0.3, 0.4) is 0 Å². The minimum Gasteiger partial charge on any atom is -0.540 e. The summed E-state index contributed by atoms with van der Waals surface area (Å²) in [6.07, 6.45) is 0. The van der Waals surface area contributed by atoms with E-state index in [0.29, 0.717) is 13.4 Å². The lowest BCUT2D eigenvalue weighted by Gasteiger charge is -2.13. The second-order valence-electron chi connectivity index (χ2n) is 2.78. The van der Waals surface area contributed by atoms with Crippen molar-refractivity contribution >= 4 is 13.5 Å². The van der Waals surface area contributed by atoms with E-state index in [4.69, 9.17) is 4.65 Å². The topological polar surface area (TPSA) is 26.3 Å². The summed E-state index contributed by atoms with van der Waals surface area (Å²) in [6.45, 7) is 7.75. The summed E-state index contributed by atoms with van der Waals surface area (Å²) in [7, 11) is 0.482. The van der Waals surface area contributed by atoms with Gasteiger partial charge in [0, 0.05) is 0 Å². The van der Waals surface area contributed by atoms with Crippen molar-refractivity contribution in [1.29, 1.82) is 0 Å². The molecule has 0 N–H and O–H groups in total. The van der Waals surface area contributed by atoms with Gasteiger partial charge in [0.2, 0.25) is 0 Å². The molecule has 0 aromatic rings. The van der Waals surface area contributed by atoms with Crippen molar-refractivity contribution in [3.05, 3.63) is 0 Å². The van der Waals surface area contributed by atoms with Gasteiger partial charge >= 0.3 is 7.48 Å². The minimum absolute atomic E-state index is 0.0277. The second-order valence-corrected chi connectivity index (χ2v) is 2.78. The maximum absolute atomic E-state index is 11.0. The van der Waals surface area contributed by atoms with Gasteiger partial charge in [-0.3, -0.25) is 4.79 Å². The summed E-state index contributed by atoms with van der Waals surface area (Å²) >= 11 is 0. The van der Waals surface area contributed by atoms with E-state index in [1.54, 1.807) is 0 Å². The number of hydrogen-bond acceptors (Lipinski definition) is 2. The molecule has 0 fully saturated rings. The Balaban J connectivity index is 3.71. The predicted molar refractivity (Wildman–Crippen MR) is 43.1 cm³/mol. The van der Waals surface area contributed by atoms with E-state index in [1.165, 1.54) is 0 Å². The zero-order valence-corrected chi connectivity index (χ0v) is 7.18. The van der Waals surface area contributed by atoms with Crippen molar-refractivity contribution in [1.82, 2.24) is 0 Å². The largest absolute Gasteiger partial charge is 0.540 e. The first-order valence-corrected chi connectivity index (χ1v) is 3.76. The fourth-order valence-electron chi connectivity index (χ4n) is 0.546. The van der Waals surface area contributed by atoms with Gasteiger partial charge in [-0.05, 0) is 5.92 Å². The minimum atomic E-state index is -0.0856. The third-order valence-electron chi connectivity index (χ3n) is 1.66. The molecule has 0 aliphatic carbocycles. The fraction of sp³-hybridized carbons (Fsp3) is 0.857. The van der Waals surface area contributed by atoms with Crippen LogP contribution in [-0.2, 0) is 9.45 Å². The summed E-state index contributed by atoms with van der Waals surface area (Å²) in [5, 5.41) is 0. The van der Waals surface area contributed by atoms with Gasteiger partial charge in [0.25, 0.3) is 5.97 Å². The van der Waals surface area contributed by atoms with Crippen LogP contribution >= 0.6 is 0 Å². The summed E-state index contributed by atoms with van der Waals surface area (Å²) in [4.78, 5) is 11.0.